The molecule has 0 bridgehead atoms. The highest BCUT2D eigenvalue weighted by molar-refractivity contribution is 5.26. The first kappa shape index (κ1) is 15.3. The zero-order valence-corrected chi connectivity index (χ0v) is 6.35. The number of aryl methyl sites for hydroxylation is 1. The van der Waals surface area contributed by atoms with E-state index in [0.717, 1.165) is 5.56 Å². The molecule has 0 aliphatic rings. The van der Waals surface area contributed by atoms with E-state index in [0.29, 0.717) is 0 Å². The average molecular weight is 208 g/mol. The lowest BCUT2D eigenvalue weighted by Crippen LogP contribution is -2.16. The monoisotopic (exact) mass is 208 g/mol. The summed E-state index contributed by atoms with van der Waals surface area (Å²) >= 11 is 0. The smallest absolute Gasteiger partial charge is 0.406 e. The van der Waals surface area contributed by atoms with Crippen LogP contribution in [-0.4, -0.2) is 6.36 Å². The van der Waals surface area contributed by atoms with Gasteiger partial charge >= 0.3 is 6.36 Å². The first-order valence-electron chi connectivity index (χ1n) is 3.30. The van der Waals surface area contributed by atoms with Crippen molar-refractivity contribution in [1.29, 1.82) is 0 Å². The Morgan fingerprint density at radius 3 is 1.79 bits per heavy atom. The Morgan fingerprint density at radius 2 is 1.43 bits per heavy atom. The molecule has 0 fully saturated rings. The minimum absolute atomic E-state index is 0. The molecule has 1 nitrogen and oxygen atoms in total. The molecular formula is C10H15F3O. The number of halogens is 3. The van der Waals surface area contributed by atoms with Crippen molar-refractivity contribution in [2.24, 2.45) is 0 Å². The van der Waals surface area contributed by atoms with Gasteiger partial charge in [-0.3, -0.25) is 0 Å². The number of rotatable bonds is 1. The fraction of sp³-hybridized carbons (Fsp3) is 0.400. The lowest BCUT2D eigenvalue weighted by molar-refractivity contribution is -0.274. The molecule has 0 aromatic heterocycles. The zero-order valence-electron chi connectivity index (χ0n) is 6.35. The van der Waals surface area contributed by atoms with Crippen LogP contribution in [0.2, 0.25) is 0 Å². The van der Waals surface area contributed by atoms with Crippen molar-refractivity contribution in [2.75, 3.05) is 0 Å². The molecular weight excluding hydrogens is 193 g/mol. The molecule has 0 N–H and O–H groups in total. The third-order valence-electron chi connectivity index (χ3n) is 1.25. The standard InChI is InChI=1S/C8H7F3O.2CH4/c1-6-2-4-7(5-3-6)12-8(9,10)11;;/h2-5H,1H3;2*1H4. The third-order valence-corrected chi connectivity index (χ3v) is 1.25. The van der Waals surface area contributed by atoms with Gasteiger partial charge in [0, 0.05) is 0 Å². The maximum Gasteiger partial charge on any atom is 0.573 e. The molecule has 0 spiro atoms. The van der Waals surface area contributed by atoms with Crippen molar-refractivity contribution >= 4 is 0 Å². The molecule has 1 rings (SSSR count). The van der Waals surface area contributed by atoms with Gasteiger partial charge in [-0.1, -0.05) is 32.5 Å². The van der Waals surface area contributed by atoms with Gasteiger partial charge in [-0.25, -0.2) is 0 Å². The molecule has 0 heterocycles. The summed E-state index contributed by atoms with van der Waals surface area (Å²) in [5.41, 5.74) is 0.893. The van der Waals surface area contributed by atoms with Gasteiger partial charge < -0.3 is 4.74 Å². The molecule has 0 amide bonds. The van der Waals surface area contributed by atoms with Crippen LogP contribution in [0.1, 0.15) is 20.4 Å². The quantitative estimate of drug-likeness (QED) is 0.673. The zero-order chi connectivity index (χ0) is 9.19. The Morgan fingerprint density at radius 1 is 1.00 bits per heavy atom. The first-order chi connectivity index (χ1) is 5.47. The average Bonchev–Trinajstić information content (AvgIpc) is 1.91. The van der Waals surface area contributed by atoms with Crippen LogP contribution in [0.4, 0.5) is 13.2 Å². The molecule has 0 saturated carbocycles. The molecule has 0 saturated heterocycles. The van der Waals surface area contributed by atoms with Crippen molar-refractivity contribution in [1.82, 2.24) is 0 Å². The molecule has 82 valence electrons. The summed E-state index contributed by atoms with van der Waals surface area (Å²) in [5.74, 6) is -0.187. The number of hydrogen-bond donors (Lipinski definition) is 0. The Hall–Kier alpha value is -1.19. The van der Waals surface area contributed by atoms with Gasteiger partial charge in [-0.2, -0.15) is 0 Å². The second kappa shape index (κ2) is 5.52. The Kier molecular flexibility index (Phi) is 6.03. The van der Waals surface area contributed by atoms with Gasteiger partial charge in [0.1, 0.15) is 5.75 Å². The van der Waals surface area contributed by atoms with E-state index in [1.54, 1.807) is 19.1 Å². The second-order valence-corrected chi connectivity index (χ2v) is 2.36. The highest BCUT2D eigenvalue weighted by Crippen LogP contribution is 2.22. The Labute approximate surface area is 82.5 Å². The third kappa shape index (κ3) is 5.45. The summed E-state index contributed by atoms with van der Waals surface area (Å²) in [4.78, 5) is 0. The largest absolute Gasteiger partial charge is 0.573 e. The highest BCUT2D eigenvalue weighted by Gasteiger charge is 2.30. The fourth-order valence-electron chi connectivity index (χ4n) is 0.740. The molecule has 4 heteroatoms. The van der Waals surface area contributed by atoms with Crippen LogP contribution in [0, 0.1) is 6.92 Å². The summed E-state index contributed by atoms with van der Waals surface area (Å²) in [6.07, 6.45) is -4.60. The first-order valence-corrected chi connectivity index (χ1v) is 3.30. The van der Waals surface area contributed by atoms with Crippen molar-refractivity contribution in [2.45, 2.75) is 28.1 Å². The van der Waals surface area contributed by atoms with E-state index in [-0.39, 0.29) is 20.6 Å². The maximum atomic E-state index is 11.6. The minimum Gasteiger partial charge on any atom is -0.406 e. The summed E-state index contributed by atoms with van der Waals surface area (Å²) in [6.45, 7) is 1.79. The van der Waals surface area contributed by atoms with Gasteiger partial charge in [-0.05, 0) is 19.1 Å². The number of hydrogen-bond acceptors (Lipinski definition) is 1. The van der Waals surface area contributed by atoms with Gasteiger partial charge in [-0.15, -0.1) is 13.2 Å². The SMILES string of the molecule is C.C.Cc1ccc(OC(F)(F)F)cc1. The van der Waals surface area contributed by atoms with E-state index in [2.05, 4.69) is 4.74 Å². The van der Waals surface area contributed by atoms with E-state index < -0.39 is 6.36 Å². The van der Waals surface area contributed by atoms with Crippen LogP contribution in [0.3, 0.4) is 0 Å². The van der Waals surface area contributed by atoms with Gasteiger partial charge in [0.15, 0.2) is 0 Å². The molecule has 0 unspecified atom stereocenters. The molecule has 0 aliphatic heterocycles. The Bertz CT molecular complexity index is 251. The summed E-state index contributed by atoms with van der Waals surface area (Å²) in [5, 5.41) is 0. The summed E-state index contributed by atoms with van der Waals surface area (Å²) in [6, 6.07) is 5.67. The van der Waals surface area contributed by atoms with Gasteiger partial charge in [0.2, 0.25) is 0 Å². The normalized spacial score (nSPS) is 9.71. The number of benzene rings is 1. The molecule has 0 atom stereocenters. The van der Waals surface area contributed by atoms with Crippen LogP contribution < -0.4 is 4.74 Å². The minimum atomic E-state index is -4.60. The van der Waals surface area contributed by atoms with Gasteiger partial charge in [0.05, 0.1) is 0 Å². The molecule has 14 heavy (non-hydrogen) atoms. The number of ether oxygens (including phenoxy) is 1. The van der Waals surface area contributed by atoms with Crippen molar-refractivity contribution in [3.8, 4) is 5.75 Å². The summed E-state index contributed by atoms with van der Waals surface area (Å²) in [7, 11) is 0. The van der Waals surface area contributed by atoms with Crippen LogP contribution in [0.15, 0.2) is 24.3 Å². The predicted octanol–water partition coefficient (Wildman–Crippen LogP) is 4.17. The molecule has 0 aliphatic carbocycles. The van der Waals surface area contributed by atoms with Crippen LogP contribution in [-0.2, 0) is 0 Å². The van der Waals surface area contributed by atoms with Crippen molar-refractivity contribution < 1.29 is 17.9 Å². The second-order valence-electron chi connectivity index (χ2n) is 2.36. The predicted molar refractivity (Wildman–Crippen MR) is 51.3 cm³/mol. The highest BCUT2D eigenvalue weighted by atomic mass is 19.4. The van der Waals surface area contributed by atoms with Crippen LogP contribution in [0.5, 0.6) is 5.75 Å². The summed E-state index contributed by atoms with van der Waals surface area (Å²) < 4.78 is 38.5. The number of alkyl halides is 3. The fourth-order valence-corrected chi connectivity index (χ4v) is 0.740. The maximum absolute atomic E-state index is 11.6. The Balaban J connectivity index is 0. The van der Waals surface area contributed by atoms with E-state index in [1.807, 2.05) is 0 Å². The lowest BCUT2D eigenvalue weighted by atomic mass is 10.2. The topological polar surface area (TPSA) is 9.23 Å². The van der Waals surface area contributed by atoms with Crippen molar-refractivity contribution in [3.63, 3.8) is 0 Å². The van der Waals surface area contributed by atoms with Gasteiger partial charge in [0.25, 0.3) is 0 Å². The van der Waals surface area contributed by atoms with Crippen LogP contribution in [0.25, 0.3) is 0 Å². The van der Waals surface area contributed by atoms with Crippen LogP contribution >= 0.6 is 0 Å². The van der Waals surface area contributed by atoms with E-state index in [4.69, 9.17) is 0 Å². The van der Waals surface area contributed by atoms with Crippen molar-refractivity contribution in [3.05, 3.63) is 29.8 Å². The molecule has 0 radical (unpaired) electrons. The lowest BCUT2D eigenvalue weighted by Gasteiger charge is -2.08. The van der Waals surface area contributed by atoms with E-state index in [9.17, 15) is 13.2 Å². The van der Waals surface area contributed by atoms with E-state index >= 15 is 0 Å². The molecule has 1 aromatic carbocycles. The molecule has 1 aromatic rings. The van der Waals surface area contributed by atoms with E-state index in [1.165, 1.54) is 12.1 Å².